The SMILES string of the molecule is CCN(CCBr)C(=O)c1c(Cl)cccc1Cl. The van der Waals surface area contributed by atoms with E-state index in [-0.39, 0.29) is 5.91 Å². The molecule has 0 atom stereocenters. The molecule has 0 saturated carbocycles. The van der Waals surface area contributed by atoms with Crippen LogP contribution in [-0.4, -0.2) is 29.2 Å². The number of carbonyl (C=O) groups excluding carboxylic acids is 1. The molecule has 1 aromatic rings. The lowest BCUT2D eigenvalue weighted by molar-refractivity contribution is 0.0775. The van der Waals surface area contributed by atoms with Crippen LogP contribution in [0.2, 0.25) is 10.0 Å². The van der Waals surface area contributed by atoms with Crippen molar-refractivity contribution in [3.05, 3.63) is 33.8 Å². The van der Waals surface area contributed by atoms with Gasteiger partial charge in [0.05, 0.1) is 15.6 Å². The van der Waals surface area contributed by atoms with E-state index < -0.39 is 0 Å². The predicted molar refractivity (Wildman–Crippen MR) is 71.8 cm³/mol. The van der Waals surface area contributed by atoms with Gasteiger partial charge in [0.2, 0.25) is 0 Å². The van der Waals surface area contributed by atoms with Crippen LogP contribution in [0.1, 0.15) is 17.3 Å². The molecule has 0 unspecified atom stereocenters. The molecule has 0 aliphatic heterocycles. The molecule has 0 fully saturated rings. The second-order valence-corrected chi connectivity index (χ2v) is 4.78. The van der Waals surface area contributed by atoms with Crippen LogP contribution < -0.4 is 0 Å². The van der Waals surface area contributed by atoms with Crippen molar-refractivity contribution in [3.8, 4) is 0 Å². The van der Waals surface area contributed by atoms with Crippen LogP contribution in [0.4, 0.5) is 0 Å². The number of rotatable bonds is 4. The lowest BCUT2D eigenvalue weighted by Gasteiger charge is -2.20. The van der Waals surface area contributed by atoms with E-state index in [1.54, 1.807) is 23.1 Å². The maximum absolute atomic E-state index is 12.1. The summed E-state index contributed by atoms with van der Waals surface area (Å²) in [5.41, 5.74) is 0.383. The van der Waals surface area contributed by atoms with Gasteiger partial charge < -0.3 is 4.90 Å². The summed E-state index contributed by atoms with van der Waals surface area (Å²) < 4.78 is 0. The van der Waals surface area contributed by atoms with E-state index in [9.17, 15) is 4.79 Å². The summed E-state index contributed by atoms with van der Waals surface area (Å²) in [6.45, 7) is 3.19. The highest BCUT2D eigenvalue weighted by atomic mass is 79.9. The minimum atomic E-state index is -0.127. The molecule has 16 heavy (non-hydrogen) atoms. The van der Waals surface area contributed by atoms with E-state index in [2.05, 4.69) is 15.9 Å². The number of halogens is 3. The van der Waals surface area contributed by atoms with Crippen molar-refractivity contribution in [2.24, 2.45) is 0 Å². The van der Waals surface area contributed by atoms with Crippen LogP contribution in [0.5, 0.6) is 0 Å². The van der Waals surface area contributed by atoms with Gasteiger partial charge in [-0.25, -0.2) is 0 Å². The largest absolute Gasteiger partial charge is 0.338 e. The smallest absolute Gasteiger partial charge is 0.256 e. The van der Waals surface area contributed by atoms with E-state index in [0.717, 1.165) is 5.33 Å². The lowest BCUT2D eigenvalue weighted by atomic mass is 10.2. The highest BCUT2D eigenvalue weighted by molar-refractivity contribution is 9.09. The molecule has 0 spiro atoms. The molecule has 0 aromatic heterocycles. The third-order valence-electron chi connectivity index (χ3n) is 2.20. The number of hydrogen-bond acceptors (Lipinski definition) is 1. The summed E-state index contributed by atoms with van der Waals surface area (Å²) in [7, 11) is 0. The Labute approximate surface area is 114 Å². The Balaban J connectivity index is 3.03. The van der Waals surface area contributed by atoms with Gasteiger partial charge in [-0.05, 0) is 19.1 Å². The third-order valence-corrected chi connectivity index (χ3v) is 3.18. The quantitative estimate of drug-likeness (QED) is 0.770. The average Bonchev–Trinajstić information content (AvgIpc) is 2.25. The van der Waals surface area contributed by atoms with E-state index in [4.69, 9.17) is 23.2 Å². The first-order chi connectivity index (χ1) is 7.61. The molecule has 0 bridgehead atoms. The van der Waals surface area contributed by atoms with Crippen LogP contribution in [0.25, 0.3) is 0 Å². The molecule has 88 valence electrons. The van der Waals surface area contributed by atoms with Gasteiger partial charge in [0, 0.05) is 18.4 Å². The standard InChI is InChI=1S/C11H12BrCl2NO/c1-2-15(7-6-12)11(16)10-8(13)4-3-5-9(10)14/h3-5H,2,6-7H2,1H3. The van der Waals surface area contributed by atoms with Crippen molar-refractivity contribution >= 4 is 45.0 Å². The van der Waals surface area contributed by atoms with Gasteiger partial charge in [-0.1, -0.05) is 45.2 Å². The number of alkyl halides is 1. The van der Waals surface area contributed by atoms with Gasteiger partial charge in [0.25, 0.3) is 5.91 Å². The van der Waals surface area contributed by atoms with Crippen molar-refractivity contribution < 1.29 is 4.79 Å². The zero-order valence-electron chi connectivity index (χ0n) is 8.84. The Morgan fingerprint density at radius 2 is 1.94 bits per heavy atom. The second-order valence-electron chi connectivity index (χ2n) is 3.17. The van der Waals surface area contributed by atoms with E-state index >= 15 is 0 Å². The van der Waals surface area contributed by atoms with Crippen molar-refractivity contribution in [1.82, 2.24) is 4.90 Å². The average molecular weight is 325 g/mol. The molecule has 0 radical (unpaired) electrons. The van der Waals surface area contributed by atoms with Gasteiger partial charge in [-0.15, -0.1) is 0 Å². The molecule has 1 aromatic carbocycles. The number of nitrogens with zero attached hydrogens (tertiary/aromatic N) is 1. The van der Waals surface area contributed by atoms with Crippen LogP contribution in [-0.2, 0) is 0 Å². The summed E-state index contributed by atoms with van der Waals surface area (Å²) in [5.74, 6) is -0.127. The zero-order valence-corrected chi connectivity index (χ0v) is 11.9. The minimum Gasteiger partial charge on any atom is -0.338 e. The molecular weight excluding hydrogens is 313 g/mol. The summed E-state index contributed by atoms with van der Waals surface area (Å²) >= 11 is 15.3. The Hall–Kier alpha value is -0.250. The summed E-state index contributed by atoms with van der Waals surface area (Å²) in [6, 6.07) is 5.06. The van der Waals surface area contributed by atoms with Gasteiger partial charge in [-0.2, -0.15) is 0 Å². The van der Waals surface area contributed by atoms with Crippen molar-refractivity contribution in [2.45, 2.75) is 6.92 Å². The monoisotopic (exact) mass is 323 g/mol. The van der Waals surface area contributed by atoms with E-state index in [1.807, 2.05) is 6.92 Å². The molecule has 1 rings (SSSR count). The van der Waals surface area contributed by atoms with Gasteiger partial charge in [0.15, 0.2) is 0 Å². The molecule has 0 aliphatic rings. The Morgan fingerprint density at radius 1 is 1.38 bits per heavy atom. The van der Waals surface area contributed by atoms with Crippen LogP contribution in [0, 0.1) is 0 Å². The number of hydrogen-bond donors (Lipinski definition) is 0. The topological polar surface area (TPSA) is 20.3 Å². The maximum Gasteiger partial charge on any atom is 0.256 e. The molecule has 0 N–H and O–H groups in total. The minimum absolute atomic E-state index is 0.127. The summed E-state index contributed by atoms with van der Waals surface area (Å²) in [5, 5.41) is 1.52. The Bertz CT molecular complexity index is 364. The van der Waals surface area contributed by atoms with Crippen molar-refractivity contribution in [2.75, 3.05) is 18.4 Å². The fraction of sp³-hybridized carbons (Fsp3) is 0.364. The highest BCUT2D eigenvalue weighted by Gasteiger charge is 2.19. The van der Waals surface area contributed by atoms with Crippen LogP contribution >= 0.6 is 39.1 Å². The van der Waals surface area contributed by atoms with Gasteiger partial charge in [0.1, 0.15) is 0 Å². The fourth-order valence-corrected chi connectivity index (χ4v) is 2.35. The van der Waals surface area contributed by atoms with Crippen molar-refractivity contribution in [1.29, 1.82) is 0 Å². The molecule has 5 heteroatoms. The summed E-state index contributed by atoms with van der Waals surface area (Å²) in [4.78, 5) is 13.8. The lowest BCUT2D eigenvalue weighted by Crippen LogP contribution is -2.32. The van der Waals surface area contributed by atoms with Gasteiger partial charge >= 0.3 is 0 Å². The molecule has 0 saturated heterocycles. The molecule has 0 aliphatic carbocycles. The molecule has 1 amide bonds. The predicted octanol–water partition coefficient (Wildman–Crippen LogP) is 3.85. The molecule has 0 heterocycles. The summed E-state index contributed by atoms with van der Waals surface area (Å²) in [6.07, 6.45) is 0. The number of amides is 1. The first kappa shape index (κ1) is 13.8. The van der Waals surface area contributed by atoms with E-state index in [0.29, 0.717) is 28.7 Å². The first-order valence-electron chi connectivity index (χ1n) is 4.91. The van der Waals surface area contributed by atoms with Crippen LogP contribution in [0.3, 0.4) is 0 Å². The Kier molecular flexibility index (Phi) is 5.59. The first-order valence-corrected chi connectivity index (χ1v) is 6.78. The number of benzene rings is 1. The number of carbonyl (C=O) groups is 1. The van der Waals surface area contributed by atoms with Crippen LogP contribution in [0.15, 0.2) is 18.2 Å². The molecular formula is C11H12BrCl2NO. The maximum atomic E-state index is 12.1. The zero-order chi connectivity index (χ0) is 12.1. The third kappa shape index (κ3) is 3.12. The van der Waals surface area contributed by atoms with E-state index in [1.165, 1.54) is 0 Å². The highest BCUT2D eigenvalue weighted by Crippen LogP contribution is 2.25. The Morgan fingerprint density at radius 3 is 2.38 bits per heavy atom. The molecule has 2 nitrogen and oxygen atoms in total. The fourth-order valence-electron chi connectivity index (χ4n) is 1.37. The second kappa shape index (κ2) is 6.48. The normalized spacial score (nSPS) is 10.2. The van der Waals surface area contributed by atoms with Crippen molar-refractivity contribution in [3.63, 3.8) is 0 Å². The van der Waals surface area contributed by atoms with Gasteiger partial charge in [-0.3, -0.25) is 4.79 Å².